The average Bonchev–Trinajstić information content (AvgIpc) is 3.75. The fourth-order valence-electron chi connectivity index (χ4n) is 13.7. The molecule has 0 aromatic rings. The first kappa shape index (κ1) is 43.3. The Labute approximate surface area is 340 Å². The number of aliphatic hydroxyl groups excluding tert-OH is 5. The van der Waals surface area contributed by atoms with E-state index in [9.17, 15) is 43.3 Å². The SMILES string of the molecule is CC1O[C@@H](OC2C(O)[C@H](OS(=O)(=O)O)CO[C@H]2OC2CCC3(C)C4=CC(O)C56C(=O)O[C@@](C)([C@H]7CCC(C)(C)O7)[C@H]5CC[C@@]6(C)C4CCC3C2(C)C)C(O)C(O)[C@@H]1O. The standard InChI is InChI=1S/C41H64O16S/c1-19-28(43)30(45)31(46)33(52-19)54-32-29(44)22(57-58(48,49)50)18-51-34(32)53-26-13-15-38(6)21-17-25(42)41-24(40(8,56-35(41)47)27-12-14-36(2,3)55-27)11-16-39(41,7)20(21)9-10-23(38)37(26,4)5/h17,19-20,22-34,42-46H,9-16,18H2,1-8H3,(H,48,49,50)/t19?,20?,22-,23?,24-,25?,26?,27-,28-,29?,30?,31?,32?,33+,34+,38?,39+,40-,41?/m1/s1. The third kappa shape index (κ3) is 6.26. The molecule has 16 nitrogen and oxygen atoms in total. The van der Waals surface area contributed by atoms with Gasteiger partial charge in [0.25, 0.3) is 0 Å². The zero-order chi connectivity index (χ0) is 42.3. The van der Waals surface area contributed by atoms with Gasteiger partial charge in [-0.2, -0.15) is 8.42 Å². The minimum Gasteiger partial charge on any atom is -0.456 e. The van der Waals surface area contributed by atoms with Gasteiger partial charge < -0.3 is 54.0 Å². The van der Waals surface area contributed by atoms with Crippen molar-refractivity contribution in [1.82, 2.24) is 0 Å². The lowest BCUT2D eigenvalue weighted by Gasteiger charge is -2.64. The quantitative estimate of drug-likeness (QED) is 0.0934. The van der Waals surface area contributed by atoms with E-state index in [4.69, 9.17) is 32.6 Å². The fourth-order valence-corrected chi connectivity index (χ4v) is 14.2. The molecule has 8 aliphatic rings. The van der Waals surface area contributed by atoms with Crippen molar-refractivity contribution in [2.24, 2.45) is 39.4 Å². The van der Waals surface area contributed by atoms with Crippen molar-refractivity contribution in [3.8, 4) is 0 Å². The molecule has 4 aliphatic carbocycles. The van der Waals surface area contributed by atoms with E-state index >= 15 is 0 Å². The van der Waals surface area contributed by atoms with Gasteiger partial charge in [0, 0.05) is 5.92 Å². The average molecular weight is 845 g/mol. The summed E-state index contributed by atoms with van der Waals surface area (Å²) in [5, 5.41) is 55.3. The van der Waals surface area contributed by atoms with Gasteiger partial charge in [0.15, 0.2) is 12.6 Å². The van der Waals surface area contributed by atoms with Crippen molar-refractivity contribution in [3.05, 3.63) is 11.6 Å². The van der Waals surface area contributed by atoms with Gasteiger partial charge in [-0.3, -0.25) is 9.35 Å². The van der Waals surface area contributed by atoms with Gasteiger partial charge in [-0.15, -0.1) is 0 Å². The third-order valence-corrected chi connectivity index (χ3v) is 17.2. The first-order valence-electron chi connectivity index (χ1n) is 21.1. The molecule has 0 radical (unpaired) electrons. The highest BCUT2D eigenvalue weighted by molar-refractivity contribution is 7.80. The van der Waals surface area contributed by atoms with Crippen molar-refractivity contribution in [1.29, 1.82) is 0 Å². The summed E-state index contributed by atoms with van der Waals surface area (Å²) in [5.41, 5.74) is -2.52. The predicted molar refractivity (Wildman–Crippen MR) is 202 cm³/mol. The van der Waals surface area contributed by atoms with E-state index in [-0.39, 0.29) is 40.8 Å². The van der Waals surface area contributed by atoms with E-state index in [1.165, 1.54) is 12.5 Å². The van der Waals surface area contributed by atoms with Crippen LogP contribution in [0.2, 0.25) is 0 Å². The van der Waals surface area contributed by atoms with Crippen LogP contribution in [0.5, 0.6) is 0 Å². The van der Waals surface area contributed by atoms with E-state index in [1.807, 2.05) is 13.0 Å². The molecule has 1 spiro atoms. The molecule has 0 amide bonds. The van der Waals surface area contributed by atoms with Crippen LogP contribution in [0.3, 0.4) is 0 Å². The van der Waals surface area contributed by atoms with Gasteiger partial charge in [-0.25, -0.2) is 4.18 Å². The van der Waals surface area contributed by atoms with Crippen LogP contribution in [0, 0.1) is 39.4 Å². The number of allylic oxidation sites excluding steroid dienone is 1. The van der Waals surface area contributed by atoms with Crippen molar-refractivity contribution in [3.63, 3.8) is 0 Å². The second-order valence-corrected chi connectivity index (χ2v) is 21.6. The third-order valence-electron chi connectivity index (χ3n) is 16.7. The number of esters is 1. The molecule has 3 saturated carbocycles. The highest BCUT2D eigenvalue weighted by Crippen LogP contribution is 2.76. The molecule has 4 saturated heterocycles. The molecule has 4 aliphatic heterocycles. The zero-order valence-corrected chi connectivity index (χ0v) is 35.6. The van der Waals surface area contributed by atoms with E-state index < -0.39 is 106 Å². The normalized spacial score (nSPS) is 53.5. The molecule has 11 unspecified atom stereocenters. The molecule has 8 rings (SSSR count). The largest absolute Gasteiger partial charge is 0.456 e. The van der Waals surface area contributed by atoms with E-state index in [1.54, 1.807) is 0 Å². The summed E-state index contributed by atoms with van der Waals surface area (Å²) >= 11 is 0. The van der Waals surface area contributed by atoms with Crippen LogP contribution in [0.25, 0.3) is 0 Å². The molecule has 6 N–H and O–H groups in total. The topological polar surface area (TPSA) is 237 Å². The lowest BCUT2D eigenvalue weighted by atomic mass is 9.40. The highest BCUT2D eigenvalue weighted by Gasteiger charge is 2.80. The van der Waals surface area contributed by atoms with Gasteiger partial charge >= 0.3 is 16.4 Å². The summed E-state index contributed by atoms with van der Waals surface area (Å²) in [7, 11) is -5.02. The molecule has 0 aromatic heterocycles. The Bertz CT molecular complexity index is 1770. The number of hydrogen-bond acceptors (Lipinski definition) is 15. The predicted octanol–water partition coefficient (Wildman–Crippen LogP) is 2.32. The van der Waals surface area contributed by atoms with Gasteiger partial charge in [-0.1, -0.05) is 39.3 Å². The monoisotopic (exact) mass is 844 g/mol. The van der Waals surface area contributed by atoms with Crippen LogP contribution >= 0.6 is 0 Å². The number of carbonyl (C=O) groups is 1. The summed E-state index contributed by atoms with van der Waals surface area (Å²) in [6.45, 7) is 15.8. The van der Waals surface area contributed by atoms with E-state index in [2.05, 4.69) is 41.5 Å². The van der Waals surface area contributed by atoms with Gasteiger partial charge in [0.1, 0.15) is 47.6 Å². The molecular formula is C41H64O16S. The lowest BCUT2D eigenvalue weighted by molar-refractivity contribution is -0.362. The van der Waals surface area contributed by atoms with Crippen LogP contribution in [-0.2, 0) is 47.8 Å². The van der Waals surface area contributed by atoms with E-state index in [0.29, 0.717) is 12.8 Å². The molecular weight excluding hydrogens is 781 g/mol. The first-order chi connectivity index (χ1) is 26.8. The molecule has 0 bridgehead atoms. The Balaban J connectivity index is 1.05. The molecule has 19 atom stereocenters. The highest BCUT2D eigenvalue weighted by atomic mass is 32.3. The second-order valence-electron chi connectivity index (χ2n) is 20.5. The lowest BCUT2D eigenvalue weighted by Crippen LogP contribution is -2.64. The van der Waals surface area contributed by atoms with Crippen LogP contribution in [-0.4, -0.2) is 136 Å². The minimum absolute atomic E-state index is 0.0405. The summed E-state index contributed by atoms with van der Waals surface area (Å²) in [5.74, 6) is -0.431. The summed E-state index contributed by atoms with van der Waals surface area (Å²) in [4.78, 5) is 14.4. The Morgan fingerprint density at radius 3 is 2.16 bits per heavy atom. The van der Waals surface area contributed by atoms with Crippen molar-refractivity contribution in [2.45, 2.75) is 192 Å². The summed E-state index contributed by atoms with van der Waals surface area (Å²) in [6.07, 6.45) is -7.42. The first-order valence-corrected chi connectivity index (χ1v) is 22.5. The van der Waals surface area contributed by atoms with Gasteiger partial charge in [0.2, 0.25) is 0 Å². The molecule has 0 aromatic carbocycles. The number of aliphatic hydroxyl groups is 5. The second kappa shape index (κ2) is 14.1. The zero-order valence-electron chi connectivity index (χ0n) is 34.8. The van der Waals surface area contributed by atoms with Crippen LogP contribution in [0.15, 0.2) is 11.6 Å². The maximum absolute atomic E-state index is 14.4. The number of hydrogen-bond donors (Lipinski definition) is 6. The van der Waals surface area contributed by atoms with Crippen molar-refractivity contribution in [2.75, 3.05) is 6.61 Å². The number of ether oxygens (including phenoxy) is 6. The molecule has 7 fully saturated rings. The van der Waals surface area contributed by atoms with Gasteiger partial charge in [0.05, 0.1) is 36.6 Å². The number of rotatable bonds is 7. The Morgan fingerprint density at radius 2 is 1.50 bits per heavy atom. The Morgan fingerprint density at radius 1 is 0.793 bits per heavy atom. The van der Waals surface area contributed by atoms with Gasteiger partial charge in [-0.05, 0) is 107 Å². The smallest absolute Gasteiger partial charge is 0.397 e. The Kier molecular flexibility index (Phi) is 10.5. The molecule has 330 valence electrons. The number of fused-ring (bicyclic) bond motifs is 4. The number of cyclic esters (lactones) is 1. The fraction of sp³-hybridized carbons (Fsp3) is 0.927. The van der Waals surface area contributed by atoms with Crippen molar-refractivity contribution >= 4 is 16.4 Å². The maximum atomic E-state index is 14.4. The van der Waals surface area contributed by atoms with Crippen molar-refractivity contribution < 1.29 is 75.9 Å². The van der Waals surface area contributed by atoms with Crippen LogP contribution in [0.1, 0.15) is 107 Å². The maximum Gasteiger partial charge on any atom is 0.397 e. The van der Waals surface area contributed by atoms with Crippen LogP contribution < -0.4 is 0 Å². The summed E-state index contributed by atoms with van der Waals surface area (Å²) < 4.78 is 74.6. The van der Waals surface area contributed by atoms with Crippen LogP contribution in [0.4, 0.5) is 0 Å². The summed E-state index contributed by atoms with van der Waals surface area (Å²) in [6, 6.07) is 0. The molecule has 4 heterocycles. The number of carbonyl (C=O) groups excluding carboxylic acids is 1. The van der Waals surface area contributed by atoms with E-state index in [0.717, 1.165) is 38.5 Å². The molecule has 58 heavy (non-hydrogen) atoms. The minimum atomic E-state index is -5.02. The molecule has 17 heteroatoms. The Hall–Kier alpha value is -1.32.